The Kier molecular flexibility index (Phi) is 9.94. The summed E-state index contributed by atoms with van der Waals surface area (Å²) < 4.78 is 5.03. The first-order valence-electron chi connectivity index (χ1n) is 14.2. The molecule has 4 rings (SSSR count). The Bertz CT molecular complexity index is 1050. The van der Waals surface area contributed by atoms with Gasteiger partial charge in [0.25, 0.3) is 0 Å². The van der Waals surface area contributed by atoms with Crippen molar-refractivity contribution in [2.45, 2.75) is 68.0 Å². The van der Waals surface area contributed by atoms with Crippen molar-refractivity contribution in [3.05, 3.63) is 61.2 Å². The maximum atomic E-state index is 14.4. The Morgan fingerprint density at radius 2 is 1.95 bits per heavy atom. The number of amides is 2. The molecule has 3 aliphatic rings. The van der Waals surface area contributed by atoms with Gasteiger partial charge in [-0.2, -0.15) is 0 Å². The number of allylic oxidation sites excluding steroid dienone is 1. The lowest BCUT2D eigenvalue weighted by atomic mass is 9.66. The molecule has 1 N–H and O–H groups in total. The Morgan fingerprint density at radius 3 is 2.64 bits per heavy atom. The van der Waals surface area contributed by atoms with Crippen molar-refractivity contribution in [1.82, 2.24) is 9.80 Å². The molecule has 0 saturated carbocycles. The van der Waals surface area contributed by atoms with Gasteiger partial charge in [0.1, 0.15) is 6.04 Å². The van der Waals surface area contributed by atoms with E-state index >= 15 is 0 Å². The molecule has 2 amide bonds. The molecule has 7 nitrogen and oxygen atoms in total. The molecular weight excluding hydrogens is 512 g/mol. The Hall–Kier alpha value is -2.58. The number of unbranched alkanes of at least 4 members (excludes halogenated alkanes) is 3. The number of ether oxygens (including phenoxy) is 1. The fraction of sp³-hybridized carbons (Fsp3) is 0.581. The summed E-state index contributed by atoms with van der Waals surface area (Å²) >= 11 is 1.67. The zero-order chi connectivity index (χ0) is 28.0. The Morgan fingerprint density at radius 1 is 1.18 bits per heavy atom. The lowest BCUT2D eigenvalue weighted by Gasteiger charge is -2.40. The second kappa shape index (κ2) is 13.2. The molecule has 8 heteroatoms. The molecule has 3 fully saturated rings. The number of esters is 1. The fourth-order valence-corrected chi connectivity index (χ4v) is 9.13. The van der Waals surface area contributed by atoms with Gasteiger partial charge in [-0.05, 0) is 50.0 Å². The lowest BCUT2D eigenvalue weighted by molar-refractivity contribution is -0.154. The van der Waals surface area contributed by atoms with Crippen LogP contribution in [0.4, 0.5) is 0 Å². The van der Waals surface area contributed by atoms with Crippen molar-refractivity contribution in [1.29, 1.82) is 0 Å². The number of aliphatic hydroxyl groups excluding tert-OH is 1. The van der Waals surface area contributed by atoms with E-state index in [1.165, 1.54) is 0 Å². The monoisotopic (exact) mass is 554 g/mol. The van der Waals surface area contributed by atoms with Crippen LogP contribution in [0, 0.1) is 17.8 Å². The first kappa shape index (κ1) is 29.4. The molecule has 0 radical (unpaired) electrons. The van der Waals surface area contributed by atoms with Gasteiger partial charge in [-0.1, -0.05) is 49.4 Å². The van der Waals surface area contributed by atoms with Crippen LogP contribution in [0.2, 0.25) is 0 Å². The minimum absolute atomic E-state index is 0.0276. The van der Waals surface area contributed by atoms with E-state index in [9.17, 15) is 19.5 Å². The van der Waals surface area contributed by atoms with Gasteiger partial charge in [0, 0.05) is 31.5 Å². The third-order valence-corrected chi connectivity index (χ3v) is 10.6. The highest BCUT2D eigenvalue weighted by molar-refractivity contribution is 8.02. The van der Waals surface area contributed by atoms with Crippen molar-refractivity contribution in [2.75, 3.05) is 26.3 Å². The van der Waals surface area contributed by atoms with Crippen LogP contribution in [0.3, 0.4) is 0 Å². The fourth-order valence-electron chi connectivity index (χ4n) is 6.73. The zero-order valence-corrected chi connectivity index (χ0v) is 23.8. The van der Waals surface area contributed by atoms with Crippen LogP contribution in [0.5, 0.6) is 0 Å². The highest BCUT2D eigenvalue weighted by Crippen LogP contribution is 2.68. The van der Waals surface area contributed by atoms with Gasteiger partial charge in [0.2, 0.25) is 11.8 Å². The Balaban J connectivity index is 1.64. The van der Waals surface area contributed by atoms with Crippen LogP contribution >= 0.6 is 11.8 Å². The van der Waals surface area contributed by atoms with E-state index in [4.69, 9.17) is 4.74 Å². The van der Waals surface area contributed by atoms with Crippen LogP contribution in [-0.2, 0) is 25.7 Å². The van der Waals surface area contributed by atoms with E-state index in [2.05, 4.69) is 20.1 Å². The maximum absolute atomic E-state index is 14.4. The highest BCUT2D eigenvalue weighted by atomic mass is 32.2. The number of carbonyl (C=O) groups is 3. The van der Waals surface area contributed by atoms with Crippen LogP contribution < -0.4 is 0 Å². The molecule has 3 heterocycles. The molecule has 0 aliphatic carbocycles. The third-order valence-electron chi connectivity index (χ3n) is 8.48. The zero-order valence-electron chi connectivity index (χ0n) is 23.0. The number of aliphatic hydroxyl groups is 1. The Labute approximate surface area is 236 Å². The normalized spacial score (nSPS) is 28.8. The van der Waals surface area contributed by atoms with Crippen molar-refractivity contribution >= 4 is 29.5 Å². The molecule has 0 aromatic heterocycles. The van der Waals surface area contributed by atoms with Gasteiger partial charge in [-0.15, -0.1) is 24.9 Å². The van der Waals surface area contributed by atoms with Gasteiger partial charge >= 0.3 is 5.97 Å². The predicted molar refractivity (Wildman–Crippen MR) is 154 cm³/mol. The first-order chi connectivity index (χ1) is 18.9. The van der Waals surface area contributed by atoms with Crippen molar-refractivity contribution in [3.8, 4) is 0 Å². The molecule has 1 aromatic carbocycles. The molecule has 3 saturated heterocycles. The number of hydrogen-bond donors (Lipinski definition) is 1. The van der Waals surface area contributed by atoms with Crippen LogP contribution in [-0.4, -0.2) is 75.0 Å². The number of carbonyl (C=O) groups excluding carboxylic acids is 3. The standard InChI is InChI=1S/C31H42N2O5S/c1-4-6-7-13-19-38-30(37)25-24-20-22(3)31(39-24)26(25)28(35)33(17-11-12-18-34)27(31)29(36)32(16-5-2)21-23-14-9-8-10-15-23/h4-5,8-10,14-15,22,24-27,34H,1-2,6-7,11-13,16-21H2,3H3/t22?,24-,25+,26+,27?,31?/m1/s1. The summed E-state index contributed by atoms with van der Waals surface area (Å²) in [6, 6.07) is 9.15. The molecule has 1 aromatic rings. The van der Waals surface area contributed by atoms with Crippen molar-refractivity contribution in [3.63, 3.8) is 0 Å². The van der Waals surface area contributed by atoms with Crippen molar-refractivity contribution in [2.24, 2.45) is 17.8 Å². The smallest absolute Gasteiger partial charge is 0.310 e. The molecule has 1 spiro atoms. The number of nitrogens with zero attached hydrogens (tertiary/aromatic N) is 2. The number of hydrogen-bond acceptors (Lipinski definition) is 6. The largest absolute Gasteiger partial charge is 0.465 e. The number of likely N-dealkylation sites (tertiary alicyclic amines) is 1. The first-order valence-corrected chi connectivity index (χ1v) is 15.1. The number of thioether (sulfide) groups is 1. The summed E-state index contributed by atoms with van der Waals surface area (Å²) in [4.78, 5) is 45.5. The van der Waals surface area contributed by atoms with E-state index < -0.39 is 22.6 Å². The van der Waals surface area contributed by atoms with E-state index in [1.54, 1.807) is 27.6 Å². The van der Waals surface area contributed by atoms with Crippen molar-refractivity contribution < 1.29 is 24.2 Å². The minimum atomic E-state index is -0.680. The molecule has 6 atom stereocenters. The van der Waals surface area contributed by atoms with E-state index in [0.29, 0.717) is 39.1 Å². The van der Waals surface area contributed by atoms with Gasteiger partial charge in [-0.25, -0.2) is 0 Å². The summed E-state index contributed by atoms with van der Waals surface area (Å²) in [6.45, 7) is 11.3. The molecular formula is C31H42N2O5S. The van der Waals surface area contributed by atoms with Crippen LogP contribution in [0.1, 0.15) is 51.0 Å². The summed E-state index contributed by atoms with van der Waals surface area (Å²) in [7, 11) is 0. The van der Waals surface area contributed by atoms with E-state index in [1.807, 2.05) is 36.4 Å². The average Bonchev–Trinajstić information content (AvgIpc) is 3.52. The molecule has 3 unspecified atom stereocenters. The van der Waals surface area contributed by atoms with Crippen LogP contribution in [0.15, 0.2) is 55.6 Å². The number of benzene rings is 1. The highest BCUT2D eigenvalue weighted by Gasteiger charge is 2.76. The molecule has 39 heavy (non-hydrogen) atoms. The van der Waals surface area contributed by atoms with E-state index in [0.717, 1.165) is 31.2 Å². The summed E-state index contributed by atoms with van der Waals surface area (Å²) in [5.74, 6) is -1.57. The molecule has 2 bridgehead atoms. The van der Waals surface area contributed by atoms with Gasteiger partial charge in [-0.3, -0.25) is 14.4 Å². The quantitative estimate of drug-likeness (QED) is 0.199. The second-order valence-corrected chi connectivity index (χ2v) is 12.5. The van der Waals surface area contributed by atoms with Gasteiger partial charge in [0.15, 0.2) is 0 Å². The average molecular weight is 555 g/mol. The maximum Gasteiger partial charge on any atom is 0.310 e. The van der Waals surface area contributed by atoms with Crippen LogP contribution in [0.25, 0.3) is 0 Å². The number of fused-ring (bicyclic) bond motifs is 1. The SMILES string of the molecule is C=CCCCCOC(=O)[C@@H]1[C@H]2C(=O)N(CCCCO)C(C(=O)N(CC=C)Cc3ccccc3)C23S[C@@H]1CC3C. The summed E-state index contributed by atoms with van der Waals surface area (Å²) in [5.41, 5.74) is 1.01. The van der Waals surface area contributed by atoms with Gasteiger partial charge < -0.3 is 19.6 Å². The molecule has 212 valence electrons. The summed E-state index contributed by atoms with van der Waals surface area (Å²) in [5, 5.41) is 9.37. The molecule has 3 aliphatic heterocycles. The number of rotatable bonds is 15. The predicted octanol–water partition coefficient (Wildman–Crippen LogP) is 4.21. The minimum Gasteiger partial charge on any atom is -0.465 e. The van der Waals surface area contributed by atoms with Gasteiger partial charge in [0.05, 0.1) is 23.2 Å². The topological polar surface area (TPSA) is 87.1 Å². The second-order valence-electron chi connectivity index (χ2n) is 11.0. The lowest BCUT2D eigenvalue weighted by Crippen LogP contribution is -2.57. The van der Waals surface area contributed by atoms with E-state index in [-0.39, 0.29) is 35.6 Å². The summed E-state index contributed by atoms with van der Waals surface area (Å²) in [6.07, 6.45) is 8.02. The third kappa shape index (κ3) is 5.68.